The predicted molar refractivity (Wildman–Crippen MR) is 122 cm³/mol. The molecule has 0 aliphatic carbocycles. The van der Waals surface area contributed by atoms with Gasteiger partial charge in [0.15, 0.2) is 5.13 Å². The van der Waals surface area contributed by atoms with E-state index in [0.29, 0.717) is 12.1 Å². The van der Waals surface area contributed by atoms with E-state index in [1.807, 2.05) is 29.2 Å². The fourth-order valence-corrected chi connectivity index (χ4v) is 4.33. The zero-order valence-corrected chi connectivity index (χ0v) is 18.7. The van der Waals surface area contributed by atoms with Gasteiger partial charge in [-0.1, -0.05) is 31.3 Å². The van der Waals surface area contributed by atoms with E-state index >= 15 is 0 Å². The third-order valence-electron chi connectivity index (χ3n) is 5.42. The minimum Gasteiger partial charge on any atom is -0.497 e. The van der Waals surface area contributed by atoms with Gasteiger partial charge < -0.3 is 9.64 Å². The summed E-state index contributed by atoms with van der Waals surface area (Å²) in [5, 5.41) is 0.752. The minimum atomic E-state index is -0.0340. The van der Waals surface area contributed by atoms with E-state index in [1.165, 1.54) is 11.1 Å². The van der Waals surface area contributed by atoms with Gasteiger partial charge in [0, 0.05) is 18.7 Å². The van der Waals surface area contributed by atoms with Gasteiger partial charge in [-0.2, -0.15) is 0 Å². The number of carbonyl (C=O) groups excluding carboxylic acids is 1. The molecule has 1 aromatic heterocycles. The van der Waals surface area contributed by atoms with Crippen molar-refractivity contribution in [2.75, 3.05) is 38.2 Å². The number of thiazole rings is 1. The summed E-state index contributed by atoms with van der Waals surface area (Å²) in [6.07, 6.45) is 0. The lowest BCUT2D eigenvalue weighted by molar-refractivity contribution is 0.0983. The summed E-state index contributed by atoms with van der Waals surface area (Å²) in [6, 6.07) is 11.5. The van der Waals surface area contributed by atoms with E-state index in [1.54, 1.807) is 18.4 Å². The number of aryl methyl sites for hydroxylation is 2. The molecule has 0 N–H and O–H groups in total. The van der Waals surface area contributed by atoms with Crippen LogP contribution in [0, 0.1) is 13.8 Å². The topological polar surface area (TPSA) is 45.7 Å². The second-order valence-corrected chi connectivity index (χ2v) is 8.07. The third-order valence-corrected chi connectivity index (χ3v) is 6.46. The summed E-state index contributed by atoms with van der Waals surface area (Å²) in [4.78, 5) is 22.4. The van der Waals surface area contributed by atoms with E-state index in [-0.39, 0.29) is 5.91 Å². The number of anilines is 1. The zero-order valence-electron chi connectivity index (χ0n) is 17.9. The summed E-state index contributed by atoms with van der Waals surface area (Å²) in [7, 11) is 1.62. The molecule has 0 saturated heterocycles. The van der Waals surface area contributed by atoms with Crippen LogP contribution in [0.5, 0.6) is 5.75 Å². The molecule has 29 heavy (non-hydrogen) atoms. The number of carbonyl (C=O) groups is 1. The van der Waals surface area contributed by atoms with Crippen molar-refractivity contribution < 1.29 is 9.53 Å². The summed E-state index contributed by atoms with van der Waals surface area (Å²) in [6.45, 7) is 11.8. The van der Waals surface area contributed by atoms with Crippen molar-refractivity contribution in [1.82, 2.24) is 9.88 Å². The van der Waals surface area contributed by atoms with Crippen LogP contribution in [0.25, 0.3) is 10.2 Å². The molecule has 0 bridgehead atoms. The summed E-state index contributed by atoms with van der Waals surface area (Å²) >= 11 is 1.58. The fraction of sp³-hybridized carbons (Fsp3) is 0.391. The number of nitrogens with zero attached hydrogens (tertiary/aromatic N) is 3. The number of methoxy groups -OCH3 is 1. The van der Waals surface area contributed by atoms with Crippen molar-refractivity contribution in [3.05, 3.63) is 53.1 Å². The number of rotatable bonds is 8. The number of amides is 1. The number of fused-ring (bicyclic) bond motifs is 1. The number of likely N-dealkylation sites (N-methyl/N-ethyl adjacent to an activating group) is 1. The highest BCUT2D eigenvalue weighted by atomic mass is 32.1. The molecule has 2 aromatic carbocycles. The number of ether oxygens (including phenoxy) is 1. The molecule has 3 aromatic rings. The molecule has 5 nitrogen and oxygen atoms in total. The molecule has 0 saturated carbocycles. The second-order valence-electron chi connectivity index (χ2n) is 7.06. The Morgan fingerprint density at radius 1 is 1.03 bits per heavy atom. The van der Waals surface area contributed by atoms with Crippen LogP contribution in [0.4, 0.5) is 5.13 Å². The van der Waals surface area contributed by atoms with Crippen molar-refractivity contribution in [2.45, 2.75) is 27.7 Å². The molecule has 154 valence electrons. The lowest BCUT2D eigenvalue weighted by Gasteiger charge is -2.24. The Morgan fingerprint density at radius 2 is 1.72 bits per heavy atom. The maximum Gasteiger partial charge on any atom is 0.260 e. The number of hydrogen-bond donors (Lipinski definition) is 0. The molecule has 0 aliphatic heterocycles. The molecular formula is C23H29N3O2S. The van der Waals surface area contributed by atoms with Gasteiger partial charge in [-0.15, -0.1) is 0 Å². The number of hydrogen-bond acceptors (Lipinski definition) is 5. The van der Waals surface area contributed by atoms with Crippen LogP contribution in [0.15, 0.2) is 36.4 Å². The Bertz CT molecular complexity index is 978. The normalized spacial score (nSPS) is 11.2. The van der Waals surface area contributed by atoms with Crippen LogP contribution >= 0.6 is 11.3 Å². The molecule has 0 radical (unpaired) electrons. The largest absolute Gasteiger partial charge is 0.497 e. The summed E-state index contributed by atoms with van der Waals surface area (Å²) in [5.41, 5.74) is 4.01. The predicted octanol–water partition coefficient (Wildman–Crippen LogP) is 4.91. The van der Waals surface area contributed by atoms with Crippen LogP contribution in [-0.4, -0.2) is 49.1 Å². The van der Waals surface area contributed by atoms with E-state index < -0.39 is 0 Å². The smallest absolute Gasteiger partial charge is 0.260 e. The lowest BCUT2D eigenvalue weighted by Crippen LogP contribution is -2.38. The maximum atomic E-state index is 13.4. The van der Waals surface area contributed by atoms with Crippen LogP contribution in [0.3, 0.4) is 0 Å². The van der Waals surface area contributed by atoms with Crippen molar-refractivity contribution in [2.24, 2.45) is 0 Å². The van der Waals surface area contributed by atoms with Crippen LogP contribution in [0.2, 0.25) is 0 Å². The van der Waals surface area contributed by atoms with Crippen molar-refractivity contribution in [3.8, 4) is 5.75 Å². The Hall–Kier alpha value is -2.44. The van der Waals surface area contributed by atoms with Gasteiger partial charge in [-0.05, 0) is 68.4 Å². The van der Waals surface area contributed by atoms with Gasteiger partial charge in [-0.25, -0.2) is 4.98 Å². The van der Waals surface area contributed by atoms with Gasteiger partial charge in [-0.3, -0.25) is 9.69 Å². The second kappa shape index (κ2) is 9.37. The third kappa shape index (κ3) is 4.60. The van der Waals surface area contributed by atoms with Gasteiger partial charge in [0.05, 0.1) is 17.3 Å². The van der Waals surface area contributed by atoms with Gasteiger partial charge in [0.1, 0.15) is 5.75 Å². The van der Waals surface area contributed by atoms with Gasteiger partial charge >= 0.3 is 0 Å². The van der Waals surface area contributed by atoms with Gasteiger partial charge in [0.25, 0.3) is 5.91 Å². The molecule has 0 aliphatic rings. The zero-order chi connectivity index (χ0) is 21.0. The first kappa shape index (κ1) is 21.3. The van der Waals surface area contributed by atoms with Crippen molar-refractivity contribution in [1.29, 1.82) is 0 Å². The first-order chi connectivity index (χ1) is 14.0. The highest BCUT2D eigenvalue weighted by molar-refractivity contribution is 7.22. The molecule has 1 heterocycles. The standard InChI is InChI=1S/C23H29N3O2S/c1-6-25(7-2)14-15-26(22(27)18-9-11-19(28-5)12-10-18)23-24-21-17(4)16(3)8-13-20(21)29-23/h8-13H,6-7,14-15H2,1-5H3. The lowest BCUT2D eigenvalue weighted by atomic mass is 10.1. The average molecular weight is 412 g/mol. The highest BCUT2D eigenvalue weighted by Crippen LogP contribution is 2.32. The van der Waals surface area contributed by atoms with E-state index in [4.69, 9.17) is 9.72 Å². The molecule has 0 unspecified atom stereocenters. The van der Waals surface area contributed by atoms with Crippen molar-refractivity contribution >= 4 is 32.6 Å². The SMILES string of the molecule is CCN(CC)CCN(C(=O)c1ccc(OC)cc1)c1nc2c(C)c(C)ccc2s1. The average Bonchev–Trinajstić information content (AvgIpc) is 3.18. The van der Waals surface area contributed by atoms with Crippen molar-refractivity contribution in [3.63, 3.8) is 0 Å². The first-order valence-electron chi connectivity index (χ1n) is 10.0. The Balaban J connectivity index is 1.97. The summed E-state index contributed by atoms with van der Waals surface area (Å²) in [5.74, 6) is 0.704. The molecule has 6 heteroatoms. The maximum absolute atomic E-state index is 13.4. The van der Waals surface area contributed by atoms with E-state index in [9.17, 15) is 4.79 Å². The Labute approximate surface area is 176 Å². The fourth-order valence-electron chi connectivity index (χ4n) is 3.28. The monoisotopic (exact) mass is 411 g/mol. The van der Waals surface area contributed by atoms with Crippen LogP contribution < -0.4 is 9.64 Å². The molecular weight excluding hydrogens is 382 g/mol. The molecule has 3 rings (SSSR count). The summed E-state index contributed by atoms with van der Waals surface area (Å²) < 4.78 is 6.33. The van der Waals surface area contributed by atoms with Gasteiger partial charge in [0.2, 0.25) is 0 Å². The number of aromatic nitrogens is 1. The molecule has 1 amide bonds. The first-order valence-corrected chi connectivity index (χ1v) is 10.8. The molecule has 0 fully saturated rings. The number of benzene rings is 2. The highest BCUT2D eigenvalue weighted by Gasteiger charge is 2.22. The van der Waals surface area contributed by atoms with Crippen LogP contribution in [0.1, 0.15) is 35.3 Å². The van der Waals surface area contributed by atoms with Crippen LogP contribution in [-0.2, 0) is 0 Å². The Morgan fingerprint density at radius 3 is 2.34 bits per heavy atom. The minimum absolute atomic E-state index is 0.0340. The van der Waals surface area contributed by atoms with E-state index in [0.717, 1.165) is 40.7 Å². The molecule has 0 atom stereocenters. The quantitative estimate of drug-likeness (QED) is 0.528. The molecule has 0 spiro atoms. The Kier molecular flexibility index (Phi) is 6.87. The van der Waals surface area contributed by atoms with E-state index in [2.05, 4.69) is 44.7 Å².